The van der Waals surface area contributed by atoms with Crippen molar-refractivity contribution < 1.29 is 24.5 Å². The molecule has 108 valence electrons. The number of rotatable bonds is 2. The summed E-state index contributed by atoms with van der Waals surface area (Å²) >= 11 is 0. The lowest BCUT2D eigenvalue weighted by Crippen LogP contribution is -2.55. The van der Waals surface area contributed by atoms with E-state index in [1.165, 1.54) is 4.90 Å². The molecule has 0 aromatic carbocycles. The number of nitrogens with zero attached hydrogens (tertiary/aromatic N) is 2. The molecule has 0 radical (unpaired) electrons. The zero-order chi connectivity index (χ0) is 14.0. The van der Waals surface area contributed by atoms with E-state index in [0.717, 1.165) is 0 Å². The molecule has 0 spiro atoms. The number of carboxylic acid groups (broad SMARTS) is 1. The van der Waals surface area contributed by atoms with Crippen LogP contribution in [0, 0.1) is 0 Å². The fourth-order valence-corrected chi connectivity index (χ4v) is 2.74. The second-order valence-electron chi connectivity index (χ2n) is 5.13. The molecule has 2 aliphatic heterocycles. The summed E-state index contributed by atoms with van der Waals surface area (Å²) in [6, 6.07) is -0.989. The summed E-state index contributed by atoms with van der Waals surface area (Å²) < 4.78 is 5.47. The highest BCUT2D eigenvalue weighted by atomic mass is 16.5. The summed E-state index contributed by atoms with van der Waals surface area (Å²) in [5, 5.41) is 18.2. The maximum absolute atomic E-state index is 12.4. The molecule has 2 amide bonds. The predicted octanol–water partition coefficient (Wildman–Crippen LogP) is -0.263. The van der Waals surface area contributed by atoms with Crippen molar-refractivity contribution in [3.63, 3.8) is 0 Å². The maximum Gasteiger partial charge on any atom is 0.326 e. The van der Waals surface area contributed by atoms with Crippen LogP contribution < -0.4 is 0 Å². The number of likely N-dealkylation sites (tertiary alicyclic amines) is 1. The Labute approximate surface area is 111 Å². The van der Waals surface area contributed by atoms with Crippen LogP contribution in [0.2, 0.25) is 0 Å². The van der Waals surface area contributed by atoms with Gasteiger partial charge in [-0.2, -0.15) is 0 Å². The Balaban J connectivity index is 2.04. The normalized spacial score (nSPS) is 31.6. The molecule has 0 aromatic rings. The number of aliphatic hydroxyl groups excluding tert-OH is 1. The van der Waals surface area contributed by atoms with Gasteiger partial charge >= 0.3 is 12.0 Å². The Bertz CT molecular complexity index is 362. The SMILES string of the molecule is CC1CN(C(=O)N2CCC[C@H]2C(=O)O)CC(CO)O1. The monoisotopic (exact) mass is 272 g/mol. The average molecular weight is 272 g/mol. The van der Waals surface area contributed by atoms with Crippen molar-refractivity contribution in [3.05, 3.63) is 0 Å². The molecule has 0 saturated carbocycles. The fourth-order valence-electron chi connectivity index (χ4n) is 2.74. The second-order valence-corrected chi connectivity index (χ2v) is 5.13. The molecular weight excluding hydrogens is 252 g/mol. The third kappa shape index (κ3) is 2.98. The van der Waals surface area contributed by atoms with Gasteiger partial charge < -0.3 is 24.7 Å². The molecule has 2 N–H and O–H groups in total. The third-order valence-electron chi connectivity index (χ3n) is 3.58. The van der Waals surface area contributed by atoms with Crippen LogP contribution in [0.5, 0.6) is 0 Å². The molecule has 0 aliphatic carbocycles. The van der Waals surface area contributed by atoms with E-state index < -0.39 is 18.1 Å². The lowest BCUT2D eigenvalue weighted by atomic mass is 10.2. The van der Waals surface area contributed by atoms with Crippen LogP contribution in [0.15, 0.2) is 0 Å². The van der Waals surface area contributed by atoms with Crippen molar-refractivity contribution >= 4 is 12.0 Å². The van der Waals surface area contributed by atoms with Gasteiger partial charge in [0.05, 0.1) is 25.4 Å². The number of hydrogen-bond donors (Lipinski definition) is 2. The first kappa shape index (κ1) is 14.1. The van der Waals surface area contributed by atoms with Crippen LogP contribution in [0.3, 0.4) is 0 Å². The van der Waals surface area contributed by atoms with Crippen molar-refractivity contribution in [1.82, 2.24) is 9.80 Å². The van der Waals surface area contributed by atoms with E-state index in [1.807, 2.05) is 6.92 Å². The van der Waals surface area contributed by atoms with Gasteiger partial charge in [-0.1, -0.05) is 0 Å². The number of hydrogen-bond acceptors (Lipinski definition) is 4. The zero-order valence-electron chi connectivity index (χ0n) is 11.0. The van der Waals surface area contributed by atoms with Gasteiger partial charge in [0.2, 0.25) is 0 Å². The molecule has 7 nitrogen and oxygen atoms in total. The van der Waals surface area contributed by atoms with Crippen molar-refractivity contribution in [1.29, 1.82) is 0 Å². The summed E-state index contributed by atoms with van der Waals surface area (Å²) in [5.41, 5.74) is 0. The molecule has 2 fully saturated rings. The molecule has 2 rings (SSSR count). The van der Waals surface area contributed by atoms with Crippen molar-refractivity contribution in [2.75, 3.05) is 26.2 Å². The largest absolute Gasteiger partial charge is 0.480 e. The van der Waals surface area contributed by atoms with Crippen molar-refractivity contribution in [2.45, 2.75) is 38.0 Å². The summed E-state index contributed by atoms with van der Waals surface area (Å²) in [6.07, 6.45) is 0.676. The lowest BCUT2D eigenvalue weighted by molar-refractivity contribution is -0.141. The van der Waals surface area contributed by atoms with Gasteiger partial charge in [-0.15, -0.1) is 0 Å². The Morgan fingerprint density at radius 1 is 1.37 bits per heavy atom. The van der Waals surface area contributed by atoms with Crippen molar-refractivity contribution in [3.8, 4) is 0 Å². The molecule has 2 aliphatic rings. The molecule has 19 heavy (non-hydrogen) atoms. The summed E-state index contributed by atoms with van der Waals surface area (Å²) in [7, 11) is 0. The first-order chi connectivity index (χ1) is 9.02. The number of ether oxygens (including phenoxy) is 1. The van der Waals surface area contributed by atoms with Gasteiger partial charge in [0.25, 0.3) is 0 Å². The Morgan fingerprint density at radius 2 is 2.11 bits per heavy atom. The predicted molar refractivity (Wildman–Crippen MR) is 65.8 cm³/mol. The molecule has 0 aromatic heterocycles. The van der Waals surface area contributed by atoms with E-state index in [4.69, 9.17) is 14.9 Å². The minimum Gasteiger partial charge on any atom is -0.480 e. The summed E-state index contributed by atoms with van der Waals surface area (Å²) in [5.74, 6) is -0.953. The first-order valence-electron chi connectivity index (χ1n) is 6.57. The van der Waals surface area contributed by atoms with Crippen LogP contribution in [-0.2, 0) is 9.53 Å². The van der Waals surface area contributed by atoms with Crippen LogP contribution in [-0.4, -0.2) is 76.5 Å². The number of morpholine rings is 1. The second kappa shape index (κ2) is 5.75. The highest BCUT2D eigenvalue weighted by Crippen LogP contribution is 2.21. The van der Waals surface area contributed by atoms with Crippen LogP contribution in [0.25, 0.3) is 0 Å². The average Bonchev–Trinajstić information content (AvgIpc) is 2.86. The number of carbonyl (C=O) groups is 2. The van der Waals surface area contributed by atoms with E-state index >= 15 is 0 Å². The minimum absolute atomic E-state index is 0.142. The highest BCUT2D eigenvalue weighted by molar-refractivity contribution is 5.83. The van der Waals surface area contributed by atoms with Gasteiger partial charge in [-0.05, 0) is 19.8 Å². The molecule has 7 heteroatoms. The number of aliphatic carboxylic acids is 1. The van der Waals surface area contributed by atoms with Crippen LogP contribution >= 0.6 is 0 Å². The Hall–Kier alpha value is -1.34. The van der Waals surface area contributed by atoms with Crippen molar-refractivity contribution in [2.24, 2.45) is 0 Å². The quantitative estimate of drug-likeness (QED) is 0.722. The fraction of sp³-hybridized carbons (Fsp3) is 0.833. The van der Waals surface area contributed by atoms with E-state index in [9.17, 15) is 9.59 Å². The minimum atomic E-state index is -0.953. The smallest absolute Gasteiger partial charge is 0.326 e. The first-order valence-corrected chi connectivity index (χ1v) is 6.57. The van der Waals surface area contributed by atoms with E-state index in [0.29, 0.717) is 32.5 Å². The van der Waals surface area contributed by atoms with E-state index in [1.54, 1.807) is 4.90 Å². The van der Waals surface area contributed by atoms with E-state index in [2.05, 4.69) is 0 Å². The number of aliphatic hydroxyl groups is 1. The molecule has 0 bridgehead atoms. The highest BCUT2D eigenvalue weighted by Gasteiger charge is 2.38. The van der Waals surface area contributed by atoms with Gasteiger partial charge in [0.1, 0.15) is 6.04 Å². The zero-order valence-corrected chi connectivity index (χ0v) is 11.0. The van der Waals surface area contributed by atoms with Gasteiger partial charge in [-0.25, -0.2) is 9.59 Å². The molecule has 3 atom stereocenters. The summed E-state index contributed by atoms with van der Waals surface area (Å²) in [4.78, 5) is 26.5. The molecule has 2 unspecified atom stereocenters. The standard InChI is InChI=1S/C12H20N2O5/c1-8-5-13(6-9(7-15)19-8)12(18)14-4-2-3-10(14)11(16)17/h8-10,15H,2-7H2,1H3,(H,16,17)/t8?,9?,10-/m0/s1. The number of carboxylic acids is 1. The number of amides is 2. The van der Waals surface area contributed by atoms with Crippen LogP contribution in [0.1, 0.15) is 19.8 Å². The van der Waals surface area contributed by atoms with Gasteiger partial charge in [-0.3, -0.25) is 0 Å². The molecular formula is C12H20N2O5. The van der Waals surface area contributed by atoms with Gasteiger partial charge in [0, 0.05) is 13.1 Å². The van der Waals surface area contributed by atoms with Crippen LogP contribution in [0.4, 0.5) is 4.79 Å². The topological polar surface area (TPSA) is 90.3 Å². The molecule has 2 saturated heterocycles. The third-order valence-corrected chi connectivity index (χ3v) is 3.58. The van der Waals surface area contributed by atoms with E-state index in [-0.39, 0.29) is 18.7 Å². The molecule has 2 heterocycles. The number of carbonyl (C=O) groups excluding carboxylic acids is 1. The Morgan fingerprint density at radius 3 is 2.74 bits per heavy atom. The maximum atomic E-state index is 12.4. The lowest BCUT2D eigenvalue weighted by Gasteiger charge is -2.38. The number of urea groups is 1. The summed E-state index contributed by atoms with van der Waals surface area (Å²) in [6.45, 7) is 2.91. The Kier molecular flexibility index (Phi) is 4.26. The van der Waals surface area contributed by atoms with Gasteiger partial charge in [0.15, 0.2) is 0 Å².